The van der Waals surface area contributed by atoms with Crippen molar-refractivity contribution in [2.75, 3.05) is 25.4 Å². The van der Waals surface area contributed by atoms with Crippen molar-refractivity contribution in [1.82, 2.24) is 4.31 Å². The van der Waals surface area contributed by atoms with Crippen LogP contribution in [0.1, 0.15) is 26.2 Å². The second-order valence-corrected chi connectivity index (χ2v) is 5.98. The number of rotatable bonds is 4. The van der Waals surface area contributed by atoms with Crippen molar-refractivity contribution in [2.24, 2.45) is 11.7 Å². The summed E-state index contributed by atoms with van der Waals surface area (Å²) in [6, 6.07) is 0. The van der Waals surface area contributed by atoms with Crippen molar-refractivity contribution in [1.29, 1.82) is 0 Å². The Balaban J connectivity index is 0.00000196. The minimum absolute atomic E-state index is 0. The van der Waals surface area contributed by atoms with Gasteiger partial charge in [0, 0.05) is 13.1 Å². The predicted octanol–water partition coefficient (Wildman–Crippen LogP) is 0.819. The Morgan fingerprint density at radius 1 is 1.33 bits per heavy atom. The zero-order valence-corrected chi connectivity index (χ0v) is 10.8. The molecule has 0 aromatic rings. The molecule has 6 heteroatoms. The summed E-state index contributed by atoms with van der Waals surface area (Å²) in [5.41, 5.74) is 5.55. The third-order valence-corrected chi connectivity index (χ3v) is 4.84. The van der Waals surface area contributed by atoms with Crippen LogP contribution in [0.15, 0.2) is 0 Å². The first kappa shape index (κ1) is 15.2. The fraction of sp³-hybridized carbons (Fsp3) is 1.00. The summed E-state index contributed by atoms with van der Waals surface area (Å²) in [6.07, 6.45) is 2.53. The third kappa shape index (κ3) is 4.26. The molecule has 0 unspecified atom stereocenters. The number of nitrogens with two attached hydrogens (primary N) is 1. The summed E-state index contributed by atoms with van der Waals surface area (Å²) >= 11 is 0. The van der Waals surface area contributed by atoms with Crippen LogP contribution in [-0.4, -0.2) is 38.1 Å². The Morgan fingerprint density at radius 2 is 1.87 bits per heavy atom. The molecule has 0 atom stereocenters. The van der Waals surface area contributed by atoms with Gasteiger partial charge in [-0.25, -0.2) is 12.7 Å². The van der Waals surface area contributed by atoms with Crippen LogP contribution in [0.3, 0.4) is 0 Å². The molecule has 0 aromatic carbocycles. The van der Waals surface area contributed by atoms with Gasteiger partial charge in [0.1, 0.15) is 0 Å². The lowest BCUT2D eigenvalue weighted by Crippen LogP contribution is -2.41. The van der Waals surface area contributed by atoms with Crippen molar-refractivity contribution in [3.05, 3.63) is 0 Å². The van der Waals surface area contributed by atoms with Crippen molar-refractivity contribution >= 4 is 22.4 Å². The molecule has 0 saturated carbocycles. The van der Waals surface area contributed by atoms with Crippen LogP contribution in [-0.2, 0) is 10.0 Å². The molecule has 1 aliphatic rings. The van der Waals surface area contributed by atoms with E-state index in [4.69, 9.17) is 5.73 Å². The summed E-state index contributed by atoms with van der Waals surface area (Å²) in [7, 11) is -2.97. The Labute approximate surface area is 98.7 Å². The molecule has 1 rings (SSSR count). The largest absolute Gasteiger partial charge is 0.330 e. The van der Waals surface area contributed by atoms with Gasteiger partial charge >= 0.3 is 0 Å². The number of hydrogen-bond donors (Lipinski definition) is 1. The molecule has 4 nitrogen and oxygen atoms in total. The van der Waals surface area contributed by atoms with Gasteiger partial charge in [0.2, 0.25) is 10.0 Å². The van der Waals surface area contributed by atoms with Gasteiger partial charge in [-0.1, -0.05) is 6.92 Å². The first-order valence-electron chi connectivity index (χ1n) is 5.28. The number of halogens is 1. The maximum Gasteiger partial charge on any atom is 0.214 e. The van der Waals surface area contributed by atoms with Crippen molar-refractivity contribution in [3.8, 4) is 0 Å². The van der Waals surface area contributed by atoms with E-state index in [0.717, 1.165) is 12.8 Å². The highest BCUT2D eigenvalue weighted by molar-refractivity contribution is 7.89. The fourth-order valence-corrected chi connectivity index (χ4v) is 3.35. The van der Waals surface area contributed by atoms with E-state index in [1.165, 1.54) is 0 Å². The molecule has 0 bridgehead atoms. The molecule has 0 spiro atoms. The molecular formula is C9H21ClN2O2S. The molecule has 0 amide bonds. The van der Waals surface area contributed by atoms with E-state index < -0.39 is 10.0 Å². The second kappa shape index (κ2) is 6.68. The molecule has 0 radical (unpaired) electrons. The Bertz CT molecular complexity index is 261. The quantitative estimate of drug-likeness (QED) is 0.810. The van der Waals surface area contributed by atoms with E-state index in [-0.39, 0.29) is 18.2 Å². The molecule has 0 aromatic heterocycles. The maximum absolute atomic E-state index is 11.7. The van der Waals surface area contributed by atoms with Crippen molar-refractivity contribution < 1.29 is 8.42 Å². The van der Waals surface area contributed by atoms with Gasteiger partial charge in [-0.15, -0.1) is 12.4 Å². The molecule has 1 aliphatic heterocycles. The van der Waals surface area contributed by atoms with Crippen LogP contribution < -0.4 is 5.73 Å². The molecular weight excluding hydrogens is 236 g/mol. The Morgan fingerprint density at radius 3 is 2.27 bits per heavy atom. The summed E-state index contributed by atoms with van der Waals surface area (Å²) < 4.78 is 25.0. The van der Waals surface area contributed by atoms with E-state index in [9.17, 15) is 8.42 Å². The topological polar surface area (TPSA) is 63.4 Å². The minimum atomic E-state index is -2.97. The maximum atomic E-state index is 11.7. The second-order valence-electron chi connectivity index (χ2n) is 3.89. The number of hydrogen-bond acceptors (Lipinski definition) is 3. The zero-order valence-electron chi connectivity index (χ0n) is 9.18. The lowest BCUT2D eigenvalue weighted by atomic mass is 9.99. The lowest BCUT2D eigenvalue weighted by molar-refractivity contribution is 0.278. The highest BCUT2D eigenvalue weighted by atomic mass is 35.5. The van der Waals surface area contributed by atoms with Crippen molar-refractivity contribution in [2.45, 2.75) is 26.2 Å². The molecule has 2 N–H and O–H groups in total. The van der Waals surface area contributed by atoms with Crippen LogP contribution in [0.25, 0.3) is 0 Å². The van der Waals surface area contributed by atoms with Gasteiger partial charge in [0.05, 0.1) is 5.75 Å². The first-order chi connectivity index (χ1) is 6.60. The number of piperidine rings is 1. The molecule has 1 fully saturated rings. The molecule has 92 valence electrons. The predicted molar refractivity (Wildman–Crippen MR) is 64.7 cm³/mol. The Kier molecular flexibility index (Phi) is 6.75. The summed E-state index contributed by atoms with van der Waals surface area (Å²) in [5.74, 6) is 0.795. The van der Waals surface area contributed by atoms with Gasteiger partial charge in [0.15, 0.2) is 0 Å². The average Bonchev–Trinajstić information content (AvgIpc) is 2.18. The van der Waals surface area contributed by atoms with E-state index in [0.29, 0.717) is 32.0 Å². The number of nitrogens with zero attached hydrogens (tertiary/aromatic N) is 1. The molecule has 1 saturated heterocycles. The van der Waals surface area contributed by atoms with E-state index in [2.05, 4.69) is 0 Å². The van der Waals surface area contributed by atoms with Crippen molar-refractivity contribution in [3.63, 3.8) is 0 Å². The smallest absolute Gasteiger partial charge is 0.214 e. The molecule has 1 heterocycles. The summed E-state index contributed by atoms with van der Waals surface area (Å²) in [4.78, 5) is 0. The van der Waals surface area contributed by atoms with E-state index >= 15 is 0 Å². The van der Waals surface area contributed by atoms with Gasteiger partial charge in [-0.05, 0) is 31.7 Å². The normalized spacial score (nSPS) is 19.9. The highest BCUT2D eigenvalue weighted by Crippen LogP contribution is 2.18. The van der Waals surface area contributed by atoms with Crippen LogP contribution >= 0.6 is 12.4 Å². The van der Waals surface area contributed by atoms with Gasteiger partial charge in [-0.3, -0.25) is 0 Å². The third-order valence-electron chi connectivity index (χ3n) is 2.76. The Hall–Kier alpha value is 0.160. The molecule has 0 aliphatic carbocycles. The van der Waals surface area contributed by atoms with Gasteiger partial charge < -0.3 is 5.73 Å². The SMILES string of the molecule is CCCS(=O)(=O)N1CCC(CN)CC1.Cl. The minimum Gasteiger partial charge on any atom is -0.330 e. The van der Waals surface area contributed by atoms with Crippen LogP contribution in [0.2, 0.25) is 0 Å². The van der Waals surface area contributed by atoms with Crippen LogP contribution in [0, 0.1) is 5.92 Å². The van der Waals surface area contributed by atoms with Crippen LogP contribution in [0.5, 0.6) is 0 Å². The van der Waals surface area contributed by atoms with Crippen LogP contribution in [0.4, 0.5) is 0 Å². The van der Waals surface area contributed by atoms with E-state index in [1.54, 1.807) is 4.31 Å². The average molecular weight is 257 g/mol. The van der Waals surface area contributed by atoms with Gasteiger partial charge in [-0.2, -0.15) is 0 Å². The van der Waals surface area contributed by atoms with Gasteiger partial charge in [0.25, 0.3) is 0 Å². The van der Waals surface area contributed by atoms with E-state index in [1.807, 2.05) is 6.92 Å². The summed E-state index contributed by atoms with van der Waals surface area (Å²) in [5, 5.41) is 0. The zero-order chi connectivity index (χ0) is 10.6. The standard InChI is InChI=1S/C9H20N2O2S.ClH/c1-2-7-14(12,13)11-5-3-9(8-10)4-6-11;/h9H,2-8,10H2,1H3;1H. The first-order valence-corrected chi connectivity index (χ1v) is 6.89. The fourth-order valence-electron chi connectivity index (χ4n) is 1.81. The molecule has 15 heavy (non-hydrogen) atoms. The monoisotopic (exact) mass is 256 g/mol. The highest BCUT2D eigenvalue weighted by Gasteiger charge is 2.26. The number of sulfonamides is 1. The summed E-state index contributed by atoms with van der Waals surface area (Å²) in [6.45, 7) is 3.89. The lowest BCUT2D eigenvalue weighted by Gasteiger charge is -2.30.